The number of carbonyl (C=O) groups is 1. The van der Waals surface area contributed by atoms with Crippen molar-refractivity contribution in [2.24, 2.45) is 7.05 Å². The second kappa shape index (κ2) is 7.38. The molecule has 0 aliphatic rings. The summed E-state index contributed by atoms with van der Waals surface area (Å²) in [4.78, 5) is 19.6. The van der Waals surface area contributed by atoms with E-state index in [4.69, 9.17) is 0 Å². The highest BCUT2D eigenvalue weighted by Crippen LogP contribution is 2.24. The molecular formula is C15H22N4OS. The number of rotatable bonds is 7. The van der Waals surface area contributed by atoms with Crippen molar-refractivity contribution in [2.75, 3.05) is 19.6 Å². The van der Waals surface area contributed by atoms with Crippen molar-refractivity contribution in [3.8, 4) is 0 Å². The van der Waals surface area contributed by atoms with Crippen LogP contribution < -0.4 is 5.32 Å². The molecule has 0 aliphatic carbocycles. The number of thiophene rings is 1. The average Bonchev–Trinajstić information content (AvgIpc) is 3.13. The topological polar surface area (TPSA) is 50.2 Å². The van der Waals surface area contributed by atoms with E-state index in [2.05, 4.69) is 16.4 Å². The Morgan fingerprint density at radius 3 is 2.76 bits per heavy atom. The summed E-state index contributed by atoms with van der Waals surface area (Å²) in [7, 11) is 1.97. The zero-order chi connectivity index (χ0) is 15.2. The number of hydrogen-bond donors (Lipinski definition) is 1. The Morgan fingerprint density at radius 2 is 2.24 bits per heavy atom. The number of hydrogen-bond acceptors (Lipinski definition) is 4. The van der Waals surface area contributed by atoms with Crippen LogP contribution in [0, 0.1) is 0 Å². The standard InChI is InChI=1S/C15H22N4OS/c1-4-19(5-2)13(20)11-17-14(12-7-6-10-21-12)15-16-8-9-18(15)3/h6-10,14,17H,4-5,11H2,1-3H3. The molecule has 0 aromatic carbocycles. The SMILES string of the molecule is CCN(CC)C(=O)CNC(c1cccs1)c1nccn1C. The van der Waals surface area contributed by atoms with E-state index in [1.54, 1.807) is 17.5 Å². The third-order valence-electron chi connectivity index (χ3n) is 3.52. The quantitative estimate of drug-likeness (QED) is 0.851. The van der Waals surface area contributed by atoms with Crippen molar-refractivity contribution in [1.82, 2.24) is 19.8 Å². The second-order valence-electron chi connectivity index (χ2n) is 4.79. The molecule has 6 heteroatoms. The van der Waals surface area contributed by atoms with Gasteiger partial charge in [0.25, 0.3) is 0 Å². The van der Waals surface area contributed by atoms with Crippen molar-refractivity contribution < 1.29 is 4.79 Å². The van der Waals surface area contributed by atoms with Crippen LogP contribution in [0.5, 0.6) is 0 Å². The first-order valence-electron chi connectivity index (χ1n) is 7.19. The third-order valence-corrected chi connectivity index (χ3v) is 4.46. The van der Waals surface area contributed by atoms with Crippen LogP contribution in [0.3, 0.4) is 0 Å². The van der Waals surface area contributed by atoms with E-state index in [0.717, 1.165) is 23.8 Å². The lowest BCUT2D eigenvalue weighted by atomic mass is 10.2. The summed E-state index contributed by atoms with van der Waals surface area (Å²) in [5, 5.41) is 5.39. The lowest BCUT2D eigenvalue weighted by molar-refractivity contribution is -0.129. The van der Waals surface area contributed by atoms with E-state index < -0.39 is 0 Å². The molecule has 0 aliphatic heterocycles. The molecule has 1 N–H and O–H groups in total. The molecule has 114 valence electrons. The number of aryl methyl sites for hydroxylation is 1. The summed E-state index contributed by atoms with van der Waals surface area (Å²) < 4.78 is 1.99. The van der Waals surface area contributed by atoms with Gasteiger partial charge in [-0.1, -0.05) is 6.07 Å². The summed E-state index contributed by atoms with van der Waals surface area (Å²) >= 11 is 1.67. The number of aromatic nitrogens is 2. The first kappa shape index (κ1) is 15.7. The maximum absolute atomic E-state index is 12.2. The molecule has 0 bridgehead atoms. The van der Waals surface area contributed by atoms with Crippen LogP contribution in [0.15, 0.2) is 29.9 Å². The number of likely N-dealkylation sites (N-methyl/N-ethyl adjacent to an activating group) is 1. The van der Waals surface area contributed by atoms with E-state index in [1.807, 2.05) is 48.0 Å². The highest BCUT2D eigenvalue weighted by molar-refractivity contribution is 7.10. The number of nitrogens with one attached hydrogen (secondary N) is 1. The molecule has 2 heterocycles. The fraction of sp³-hybridized carbons (Fsp3) is 0.467. The van der Waals surface area contributed by atoms with Crippen LogP contribution in [0.2, 0.25) is 0 Å². The van der Waals surface area contributed by atoms with Crippen molar-refractivity contribution in [3.63, 3.8) is 0 Å². The lowest BCUT2D eigenvalue weighted by Gasteiger charge is -2.22. The number of imidazole rings is 1. The maximum atomic E-state index is 12.2. The molecule has 0 radical (unpaired) electrons. The summed E-state index contributed by atoms with van der Waals surface area (Å²) in [5.74, 6) is 1.04. The van der Waals surface area contributed by atoms with Crippen LogP contribution in [0.4, 0.5) is 0 Å². The molecule has 2 rings (SSSR count). The van der Waals surface area contributed by atoms with Crippen LogP contribution in [0.1, 0.15) is 30.6 Å². The van der Waals surface area contributed by atoms with Crippen LogP contribution in [-0.2, 0) is 11.8 Å². The third kappa shape index (κ3) is 3.71. The largest absolute Gasteiger partial charge is 0.342 e. The van der Waals surface area contributed by atoms with Gasteiger partial charge in [0.2, 0.25) is 5.91 Å². The normalized spacial score (nSPS) is 12.3. The maximum Gasteiger partial charge on any atom is 0.236 e. The van der Waals surface area contributed by atoms with Crippen LogP contribution >= 0.6 is 11.3 Å². The highest BCUT2D eigenvalue weighted by atomic mass is 32.1. The second-order valence-corrected chi connectivity index (χ2v) is 5.77. The van der Waals surface area contributed by atoms with Crippen LogP contribution in [0.25, 0.3) is 0 Å². The summed E-state index contributed by atoms with van der Waals surface area (Å²) in [6.45, 7) is 5.79. The minimum atomic E-state index is -0.0514. The van der Waals surface area contributed by atoms with E-state index in [9.17, 15) is 4.79 Å². The van der Waals surface area contributed by atoms with Gasteiger partial charge in [-0.15, -0.1) is 11.3 Å². The molecule has 0 fully saturated rings. The number of amides is 1. The Hall–Kier alpha value is -1.66. The highest BCUT2D eigenvalue weighted by Gasteiger charge is 2.20. The Kier molecular flexibility index (Phi) is 5.52. The van der Waals surface area contributed by atoms with Gasteiger partial charge in [0.15, 0.2) is 0 Å². The van der Waals surface area contributed by atoms with E-state index >= 15 is 0 Å². The van der Waals surface area contributed by atoms with Crippen molar-refractivity contribution in [2.45, 2.75) is 19.9 Å². The average molecular weight is 306 g/mol. The summed E-state index contributed by atoms with van der Waals surface area (Å²) in [5.41, 5.74) is 0. The first-order chi connectivity index (χ1) is 10.2. The zero-order valence-electron chi connectivity index (χ0n) is 12.7. The minimum absolute atomic E-state index is 0.0514. The molecule has 2 aromatic heterocycles. The van der Waals surface area contributed by atoms with Crippen molar-refractivity contribution in [1.29, 1.82) is 0 Å². The molecule has 21 heavy (non-hydrogen) atoms. The lowest BCUT2D eigenvalue weighted by Crippen LogP contribution is -2.39. The summed E-state index contributed by atoms with van der Waals surface area (Å²) in [6.07, 6.45) is 3.70. The molecule has 0 saturated carbocycles. The fourth-order valence-electron chi connectivity index (χ4n) is 2.31. The zero-order valence-corrected chi connectivity index (χ0v) is 13.6. The van der Waals surface area contributed by atoms with E-state index in [-0.39, 0.29) is 11.9 Å². The first-order valence-corrected chi connectivity index (χ1v) is 8.07. The predicted octanol–water partition coefficient (Wildman–Crippen LogP) is 2.03. The molecule has 1 atom stereocenters. The monoisotopic (exact) mass is 306 g/mol. The van der Waals surface area contributed by atoms with Gasteiger partial charge in [-0.05, 0) is 25.3 Å². The van der Waals surface area contributed by atoms with Gasteiger partial charge < -0.3 is 9.47 Å². The fourth-order valence-corrected chi connectivity index (χ4v) is 3.10. The number of carbonyl (C=O) groups excluding carboxylic acids is 1. The summed E-state index contributed by atoms with van der Waals surface area (Å²) in [6, 6.07) is 4.03. The molecule has 2 aromatic rings. The Labute approximate surface area is 129 Å². The van der Waals surface area contributed by atoms with Gasteiger partial charge in [-0.3, -0.25) is 10.1 Å². The number of nitrogens with zero attached hydrogens (tertiary/aromatic N) is 3. The molecule has 5 nitrogen and oxygen atoms in total. The van der Waals surface area contributed by atoms with Crippen LogP contribution in [-0.4, -0.2) is 40.0 Å². The van der Waals surface area contributed by atoms with Crippen molar-refractivity contribution in [3.05, 3.63) is 40.6 Å². The van der Waals surface area contributed by atoms with Gasteiger partial charge in [0, 0.05) is 37.4 Å². The van der Waals surface area contributed by atoms with Gasteiger partial charge >= 0.3 is 0 Å². The van der Waals surface area contributed by atoms with Gasteiger partial charge in [0.1, 0.15) is 11.9 Å². The van der Waals surface area contributed by atoms with E-state index in [1.165, 1.54) is 0 Å². The minimum Gasteiger partial charge on any atom is -0.342 e. The van der Waals surface area contributed by atoms with Crippen molar-refractivity contribution >= 4 is 17.2 Å². The molecule has 1 amide bonds. The van der Waals surface area contributed by atoms with Gasteiger partial charge in [-0.25, -0.2) is 4.98 Å². The Morgan fingerprint density at radius 1 is 1.48 bits per heavy atom. The smallest absolute Gasteiger partial charge is 0.236 e. The Bertz CT molecular complexity index is 560. The predicted molar refractivity (Wildman–Crippen MR) is 85.3 cm³/mol. The van der Waals surface area contributed by atoms with Gasteiger partial charge in [0.05, 0.1) is 6.54 Å². The molecule has 0 saturated heterocycles. The molecule has 1 unspecified atom stereocenters. The molecule has 0 spiro atoms. The molecular weight excluding hydrogens is 284 g/mol. The van der Waals surface area contributed by atoms with E-state index in [0.29, 0.717) is 6.54 Å². The Balaban J connectivity index is 2.11. The van der Waals surface area contributed by atoms with Gasteiger partial charge in [-0.2, -0.15) is 0 Å².